The fourth-order valence-electron chi connectivity index (χ4n) is 2.70. The van der Waals surface area contributed by atoms with E-state index >= 15 is 0 Å². The molecule has 1 amide bonds. The summed E-state index contributed by atoms with van der Waals surface area (Å²) in [5, 5.41) is 15.7. The van der Waals surface area contributed by atoms with E-state index in [0.29, 0.717) is 17.9 Å². The van der Waals surface area contributed by atoms with Crippen molar-refractivity contribution in [1.29, 1.82) is 0 Å². The molecular formula is C18H26N4O3. The zero-order valence-corrected chi connectivity index (χ0v) is 15.1. The summed E-state index contributed by atoms with van der Waals surface area (Å²) in [6.07, 6.45) is 3.26. The number of nitrogens with two attached hydrogens (primary N) is 1. The lowest BCUT2D eigenvalue weighted by Crippen LogP contribution is -2.40. The van der Waals surface area contributed by atoms with Crippen molar-refractivity contribution in [3.8, 4) is 16.9 Å². The number of carboxylic acid groups (broad SMARTS) is 1. The molecule has 0 radical (unpaired) electrons. The van der Waals surface area contributed by atoms with Crippen LogP contribution in [0.1, 0.15) is 27.2 Å². The van der Waals surface area contributed by atoms with Crippen LogP contribution < -0.4 is 15.8 Å². The summed E-state index contributed by atoms with van der Waals surface area (Å²) >= 11 is 0. The number of hydrogen-bond donors (Lipinski definition) is 3. The highest BCUT2D eigenvalue weighted by Crippen LogP contribution is 2.28. The molecule has 1 aromatic heterocycles. The summed E-state index contributed by atoms with van der Waals surface area (Å²) in [5.41, 5.74) is 8.38. The molecule has 0 aliphatic rings. The van der Waals surface area contributed by atoms with Crippen LogP contribution >= 0.6 is 0 Å². The molecule has 0 saturated carbocycles. The number of aromatic nitrogens is 2. The average Bonchev–Trinajstić information content (AvgIpc) is 2.89. The summed E-state index contributed by atoms with van der Waals surface area (Å²) in [7, 11) is 1.85. The van der Waals surface area contributed by atoms with Gasteiger partial charge in [-0.2, -0.15) is 5.10 Å². The van der Waals surface area contributed by atoms with E-state index in [1.807, 2.05) is 25.4 Å². The van der Waals surface area contributed by atoms with Crippen molar-refractivity contribution in [3.05, 3.63) is 30.6 Å². The van der Waals surface area contributed by atoms with Gasteiger partial charge < -0.3 is 20.9 Å². The van der Waals surface area contributed by atoms with Gasteiger partial charge in [0.1, 0.15) is 12.4 Å². The van der Waals surface area contributed by atoms with Crippen molar-refractivity contribution in [3.63, 3.8) is 0 Å². The Morgan fingerprint density at radius 2 is 2.08 bits per heavy atom. The summed E-state index contributed by atoms with van der Waals surface area (Å²) in [5.74, 6) is 0.602. The maximum absolute atomic E-state index is 11.0. The standard InChI is InChI=1S/C18H26N4O3/c1-18(2,3)8-15(21-17(23)24)11-25-16-6-12(5-14(19)7-16)13-9-20-22(4)10-13/h5-7,9-10,15,21H,8,11,19H2,1-4H3,(H,23,24)/t15-/m1/s1. The molecule has 7 heteroatoms. The molecule has 136 valence electrons. The molecule has 7 nitrogen and oxygen atoms in total. The van der Waals surface area contributed by atoms with Gasteiger partial charge in [-0.25, -0.2) is 4.79 Å². The maximum Gasteiger partial charge on any atom is 0.404 e. The lowest BCUT2D eigenvalue weighted by molar-refractivity contribution is 0.169. The van der Waals surface area contributed by atoms with Crippen LogP contribution in [0.3, 0.4) is 0 Å². The van der Waals surface area contributed by atoms with Gasteiger partial charge in [-0.1, -0.05) is 20.8 Å². The van der Waals surface area contributed by atoms with Crippen LogP contribution in [0.2, 0.25) is 0 Å². The molecule has 0 aliphatic carbocycles. The number of nitrogen functional groups attached to an aromatic ring is 1. The topological polar surface area (TPSA) is 102 Å². The number of rotatable bonds is 6. The molecule has 0 aliphatic heterocycles. The van der Waals surface area contributed by atoms with Crippen LogP contribution in [-0.4, -0.2) is 33.6 Å². The number of nitrogens with one attached hydrogen (secondary N) is 1. The Balaban J connectivity index is 2.12. The van der Waals surface area contributed by atoms with Gasteiger partial charge in [0.2, 0.25) is 0 Å². The molecule has 0 unspecified atom stereocenters. The van der Waals surface area contributed by atoms with Gasteiger partial charge in [0.05, 0.1) is 12.2 Å². The Bertz CT molecular complexity index is 734. The second kappa shape index (κ2) is 7.46. The van der Waals surface area contributed by atoms with Crippen molar-refractivity contribution in [1.82, 2.24) is 15.1 Å². The highest BCUT2D eigenvalue weighted by atomic mass is 16.5. The average molecular weight is 346 g/mol. The third kappa shape index (κ3) is 6.02. The molecule has 0 fully saturated rings. The minimum absolute atomic E-state index is 0.0208. The van der Waals surface area contributed by atoms with E-state index in [0.717, 1.165) is 11.1 Å². The molecule has 1 heterocycles. The van der Waals surface area contributed by atoms with Crippen LogP contribution in [0.5, 0.6) is 5.75 Å². The Morgan fingerprint density at radius 3 is 2.64 bits per heavy atom. The van der Waals surface area contributed by atoms with Crippen molar-refractivity contribution < 1.29 is 14.6 Å². The fraction of sp³-hybridized carbons (Fsp3) is 0.444. The number of nitrogens with zero attached hydrogens (tertiary/aromatic N) is 2. The van der Waals surface area contributed by atoms with Crippen LogP contribution in [0.15, 0.2) is 30.6 Å². The molecule has 2 rings (SSSR count). The van der Waals surface area contributed by atoms with Crippen molar-refractivity contribution in [2.24, 2.45) is 12.5 Å². The molecule has 0 spiro atoms. The summed E-state index contributed by atoms with van der Waals surface area (Å²) in [6.45, 7) is 6.42. The number of ether oxygens (including phenoxy) is 1. The van der Waals surface area contributed by atoms with Gasteiger partial charge in [0.15, 0.2) is 0 Å². The van der Waals surface area contributed by atoms with Gasteiger partial charge in [-0.15, -0.1) is 0 Å². The van der Waals surface area contributed by atoms with E-state index in [-0.39, 0.29) is 18.1 Å². The van der Waals surface area contributed by atoms with E-state index in [2.05, 4.69) is 31.2 Å². The number of aryl methyl sites for hydroxylation is 1. The second-order valence-electron chi connectivity index (χ2n) is 7.42. The Hall–Kier alpha value is -2.70. The first-order valence-electron chi connectivity index (χ1n) is 8.14. The normalized spacial score (nSPS) is 12.6. The predicted molar refractivity (Wildman–Crippen MR) is 97.6 cm³/mol. The highest BCUT2D eigenvalue weighted by molar-refractivity contribution is 5.68. The smallest absolute Gasteiger partial charge is 0.404 e. The van der Waals surface area contributed by atoms with Gasteiger partial charge in [-0.3, -0.25) is 4.68 Å². The summed E-state index contributed by atoms with van der Waals surface area (Å²) in [6, 6.07) is 5.16. The van der Waals surface area contributed by atoms with E-state index in [4.69, 9.17) is 15.6 Å². The molecule has 25 heavy (non-hydrogen) atoms. The summed E-state index contributed by atoms with van der Waals surface area (Å²) in [4.78, 5) is 11.0. The lowest BCUT2D eigenvalue weighted by atomic mass is 9.88. The zero-order chi connectivity index (χ0) is 18.6. The minimum atomic E-state index is -1.05. The van der Waals surface area contributed by atoms with E-state index in [9.17, 15) is 4.79 Å². The number of amides is 1. The molecule has 0 saturated heterocycles. The zero-order valence-electron chi connectivity index (χ0n) is 15.1. The lowest BCUT2D eigenvalue weighted by Gasteiger charge is -2.26. The molecular weight excluding hydrogens is 320 g/mol. The van der Waals surface area contributed by atoms with E-state index in [1.54, 1.807) is 16.9 Å². The highest BCUT2D eigenvalue weighted by Gasteiger charge is 2.21. The van der Waals surface area contributed by atoms with Crippen LogP contribution in [0.25, 0.3) is 11.1 Å². The number of anilines is 1. The monoisotopic (exact) mass is 346 g/mol. The Morgan fingerprint density at radius 1 is 1.36 bits per heavy atom. The van der Waals surface area contributed by atoms with Crippen LogP contribution in [-0.2, 0) is 7.05 Å². The van der Waals surface area contributed by atoms with E-state index in [1.165, 1.54) is 0 Å². The number of hydrogen-bond acceptors (Lipinski definition) is 4. The van der Waals surface area contributed by atoms with Crippen LogP contribution in [0.4, 0.5) is 10.5 Å². The van der Waals surface area contributed by atoms with E-state index < -0.39 is 6.09 Å². The minimum Gasteiger partial charge on any atom is -0.491 e. The summed E-state index contributed by atoms with van der Waals surface area (Å²) < 4.78 is 7.55. The first-order valence-corrected chi connectivity index (χ1v) is 8.14. The first kappa shape index (κ1) is 18.6. The van der Waals surface area contributed by atoms with Gasteiger partial charge in [0.25, 0.3) is 0 Å². The molecule has 0 bridgehead atoms. The fourth-order valence-corrected chi connectivity index (χ4v) is 2.70. The van der Waals surface area contributed by atoms with Gasteiger partial charge >= 0.3 is 6.09 Å². The van der Waals surface area contributed by atoms with Crippen molar-refractivity contribution >= 4 is 11.8 Å². The third-order valence-electron chi connectivity index (χ3n) is 3.60. The quantitative estimate of drug-likeness (QED) is 0.697. The predicted octanol–water partition coefficient (Wildman–Crippen LogP) is 3.12. The largest absolute Gasteiger partial charge is 0.491 e. The van der Waals surface area contributed by atoms with Gasteiger partial charge in [0, 0.05) is 30.6 Å². The third-order valence-corrected chi connectivity index (χ3v) is 3.60. The molecule has 2 aromatic rings. The van der Waals surface area contributed by atoms with Crippen molar-refractivity contribution in [2.75, 3.05) is 12.3 Å². The number of carbonyl (C=O) groups is 1. The second-order valence-corrected chi connectivity index (χ2v) is 7.42. The SMILES string of the molecule is Cn1cc(-c2cc(N)cc(OC[C@@H](CC(C)(C)C)NC(=O)O)c2)cn1. The Labute approximate surface area is 147 Å². The molecule has 1 atom stereocenters. The Kier molecular flexibility index (Phi) is 5.56. The maximum atomic E-state index is 11.0. The van der Waals surface area contributed by atoms with Crippen molar-refractivity contribution in [2.45, 2.75) is 33.2 Å². The number of benzene rings is 1. The van der Waals surface area contributed by atoms with Crippen LogP contribution in [0, 0.1) is 5.41 Å². The molecule has 1 aromatic carbocycles. The molecule has 4 N–H and O–H groups in total. The van der Waals surface area contributed by atoms with Gasteiger partial charge in [-0.05, 0) is 29.5 Å². The first-order chi connectivity index (χ1) is 11.6.